The highest BCUT2D eigenvalue weighted by molar-refractivity contribution is 5.88. The number of carbonyl (C=O) groups excluding carboxylic acids is 1. The van der Waals surface area contributed by atoms with Gasteiger partial charge in [0.05, 0.1) is 19.8 Å². The molecule has 2 heterocycles. The van der Waals surface area contributed by atoms with Crippen LogP contribution in [0.2, 0.25) is 0 Å². The van der Waals surface area contributed by atoms with E-state index in [1.807, 2.05) is 18.2 Å². The molecule has 30 heavy (non-hydrogen) atoms. The molecule has 1 saturated heterocycles. The maximum absolute atomic E-state index is 12.4. The number of ether oxygens (including phenoxy) is 1. The average Bonchev–Trinajstić information content (AvgIpc) is 3.17. The van der Waals surface area contributed by atoms with Crippen molar-refractivity contribution in [2.75, 3.05) is 46.4 Å². The van der Waals surface area contributed by atoms with Gasteiger partial charge >= 0.3 is 0 Å². The fourth-order valence-electron chi connectivity index (χ4n) is 3.93. The minimum Gasteiger partial charge on any atom is -0.497 e. The molecule has 0 saturated carbocycles. The van der Waals surface area contributed by atoms with Crippen molar-refractivity contribution in [2.24, 2.45) is 0 Å². The number of rotatable bonds is 8. The molecule has 4 rings (SSSR count). The van der Waals surface area contributed by atoms with Gasteiger partial charge < -0.3 is 14.5 Å². The number of carbonyl (C=O) groups is 1. The smallest absolute Gasteiger partial charge is 0.224 e. The highest BCUT2D eigenvalue weighted by atomic mass is 16.5. The summed E-state index contributed by atoms with van der Waals surface area (Å²) in [6.07, 6.45) is 1.99. The van der Waals surface area contributed by atoms with Crippen LogP contribution in [0.25, 0.3) is 11.0 Å². The Kier molecular flexibility index (Phi) is 6.67. The highest BCUT2D eigenvalue weighted by Crippen LogP contribution is 2.25. The lowest BCUT2D eigenvalue weighted by atomic mass is 10.1. The molecule has 0 spiro atoms. The fourth-order valence-corrected chi connectivity index (χ4v) is 3.93. The van der Waals surface area contributed by atoms with Crippen molar-refractivity contribution in [1.82, 2.24) is 15.1 Å². The van der Waals surface area contributed by atoms with Crippen LogP contribution < -0.4 is 10.1 Å². The molecule has 158 valence electrons. The Labute approximate surface area is 177 Å². The van der Waals surface area contributed by atoms with Gasteiger partial charge in [0.15, 0.2) is 0 Å². The number of fused-ring (bicyclic) bond motifs is 1. The van der Waals surface area contributed by atoms with Gasteiger partial charge in [0.2, 0.25) is 5.91 Å². The zero-order valence-electron chi connectivity index (χ0n) is 17.5. The van der Waals surface area contributed by atoms with Crippen LogP contribution in [0.15, 0.2) is 59.2 Å². The molecule has 1 fully saturated rings. The molecular formula is C24H29N3O3. The van der Waals surface area contributed by atoms with Crippen molar-refractivity contribution in [3.8, 4) is 5.75 Å². The van der Waals surface area contributed by atoms with Gasteiger partial charge in [0.25, 0.3) is 0 Å². The molecule has 1 aliphatic rings. The number of furan rings is 1. The molecule has 1 aromatic heterocycles. The minimum atomic E-state index is 0.0243. The Morgan fingerprint density at radius 1 is 1.07 bits per heavy atom. The van der Waals surface area contributed by atoms with E-state index in [2.05, 4.69) is 45.4 Å². The van der Waals surface area contributed by atoms with Gasteiger partial charge in [0, 0.05) is 62.8 Å². The SMILES string of the molecule is COc1ccc2c(CC(=O)NCCN3CCN(Cc4ccccc4)CC3)coc2c1. The minimum absolute atomic E-state index is 0.0243. The number of piperazine rings is 1. The van der Waals surface area contributed by atoms with Crippen LogP contribution in [0.4, 0.5) is 0 Å². The van der Waals surface area contributed by atoms with Gasteiger partial charge in [0.1, 0.15) is 11.3 Å². The van der Waals surface area contributed by atoms with Crippen molar-refractivity contribution in [3.05, 3.63) is 65.9 Å². The molecule has 0 aliphatic carbocycles. The monoisotopic (exact) mass is 407 g/mol. The second-order valence-electron chi connectivity index (χ2n) is 7.75. The summed E-state index contributed by atoms with van der Waals surface area (Å²) in [7, 11) is 1.63. The third kappa shape index (κ3) is 5.20. The van der Waals surface area contributed by atoms with Gasteiger partial charge in [-0.05, 0) is 17.7 Å². The molecule has 0 bridgehead atoms. The molecule has 6 nitrogen and oxygen atoms in total. The number of methoxy groups -OCH3 is 1. The zero-order valence-corrected chi connectivity index (χ0v) is 17.5. The molecule has 2 aromatic carbocycles. The molecule has 3 aromatic rings. The maximum atomic E-state index is 12.4. The summed E-state index contributed by atoms with van der Waals surface area (Å²) >= 11 is 0. The number of hydrogen-bond donors (Lipinski definition) is 1. The van der Waals surface area contributed by atoms with Gasteiger partial charge in [-0.1, -0.05) is 30.3 Å². The lowest BCUT2D eigenvalue weighted by Crippen LogP contribution is -2.48. The van der Waals surface area contributed by atoms with Crippen LogP contribution in [0.5, 0.6) is 5.75 Å². The maximum Gasteiger partial charge on any atom is 0.224 e. The normalized spacial score (nSPS) is 15.4. The number of benzene rings is 2. The van der Waals surface area contributed by atoms with Crippen molar-refractivity contribution < 1.29 is 13.9 Å². The summed E-state index contributed by atoms with van der Waals surface area (Å²) in [5, 5.41) is 4.00. The van der Waals surface area contributed by atoms with E-state index >= 15 is 0 Å². The van der Waals surface area contributed by atoms with Gasteiger partial charge in [-0.2, -0.15) is 0 Å². The van der Waals surface area contributed by atoms with E-state index in [0.29, 0.717) is 13.0 Å². The van der Waals surface area contributed by atoms with E-state index in [1.165, 1.54) is 5.56 Å². The van der Waals surface area contributed by atoms with Crippen LogP contribution in [-0.2, 0) is 17.8 Å². The number of amides is 1. The second-order valence-corrected chi connectivity index (χ2v) is 7.75. The molecule has 1 amide bonds. The molecule has 0 atom stereocenters. The molecule has 6 heteroatoms. The van der Waals surface area contributed by atoms with E-state index in [0.717, 1.165) is 61.6 Å². The molecular weight excluding hydrogens is 378 g/mol. The average molecular weight is 408 g/mol. The standard InChI is InChI=1S/C24H29N3O3/c1-29-21-7-8-22-20(18-30-23(22)16-21)15-24(28)25-9-10-26-11-13-27(14-12-26)17-19-5-3-2-4-6-19/h2-8,16,18H,9-15,17H2,1H3,(H,25,28). The number of hydrogen-bond acceptors (Lipinski definition) is 5. The first-order valence-electron chi connectivity index (χ1n) is 10.5. The highest BCUT2D eigenvalue weighted by Gasteiger charge is 2.17. The zero-order chi connectivity index (χ0) is 20.8. The second kappa shape index (κ2) is 9.78. The van der Waals surface area contributed by atoms with Gasteiger partial charge in [-0.25, -0.2) is 0 Å². The topological polar surface area (TPSA) is 58.0 Å². The molecule has 0 unspecified atom stereocenters. The Bertz CT molecular complexity index is 962. The van der Waals surface area contributed by atoms with Crippen LogP contribution in [0.3, 0.4) is 0 Å². The predicted molar refractivity (Wildman–Crippen MR) is 118 cm³/mol. The summed E-state index contributed by atoms with van der Waals surface area (Å²) in [5.74, 6) is 0.771. The largest absolute Gasteiger partial charge is 0.497 e. The van der Waals surface area contributed by atoms with Crippen LogP contribution in [0.1, 0.15) is 11.1 Å². The Morgan fingerprint density at radius 3 is 2.60 bits per heavy atom. The summed E-state index contributed by atoms with van der Waals surface area (Å²) < 4.78 is 10.8. The van der Waals surface area contributed by atoms with Gasteiger partial charge in [-0.15, -0.1) is 0 Å². The van der Waals surface area contributed by atoms with Crippen LogP contribution in [-0.4, -0.2) is 62.1 Å². The first-order valence-corrected chi connectivity index (χ1v) is 10.5. The lowest BCUT2D eigenvalue weighted by Gasteiger charge is -2.34. The fraction of sp³-hybridized carbons (Fsp3) is 0.375. The van der Waals surface area contributed by atoms with Crippen molar-refractivity contribution >= 4 is 16.9 Å². The summed E-state index contributed by atoms with van der Waals surface area (Å²) in [6, 6.07) is 16.3. The van der Waals surface area contributed by atoms with Crippen LogP contribution >= 0.6 is 0 Å². The van der Waals surface area contributed by atoms with E-state index in [9.17, 15) is 4.79 Å². The van der Waals surface area contributed by atoms with Crippen LogP contribution in [0, 0.1) is 0 Å². The third-order valence-electron chi connectivity index (χ3n) is 5.68. The third-order valence-corrected chi connectivity index (χ3v) is 5.68. The van der Waals surface area contributed by atoms with Crippen molar-refractivity contribution in [3.63, 3.8) is 0 Å². The first kappa shape index (κ1) is 20.4. The lowest BCUT2D eigenvalue weighted by molar-refractivity contribution is -0.120. The number of nitrogens with one attached hydrogen (secondary N) is 1. The first-order chi connectivity index (χ1) is 14.7. The van der Waals surface area contributed by atoms with E-state index in [-0.39, 0.29) is 5.91 Å². The van der Waals surface area contributed by atoms with E-state index in [4.69, 9.17) is 9.15 Å². The van der Waals surface area contributed by atoms with E-state index in [1.54, 1.807) is 13.4 Å². The summed E-state index contributed by atoms with van der Waals surface area (Å²) in [4.78, 5) is 17.3. The van der Waals surface area contributed by atoms with Crippen molar-refractivity contribution in [1.29, 1.82) is 0 Å². The van der Waals surface area contributed by atoms with Gasteiger partial charge in [-0.3, -0.25) is 14.6 Å². The Hall–Kier alpha value is -2.83. The Morgan fingerprint density at radius 2 is 1.83 bits per heavy atom. The molecule has 0 radical (unpaired) electrons. The van der Waals surface area contributed by atoms with Crippen molar-refractivity contribution in [2.45, 2.75) is 13.0 Å². The molecule has 1 aliphatic heterocycles. The Balaban J connectivity index is 1.18. The quantitative estimate of drug-likeness (QED) is 0.622. The molecule has 1 N–H and O–H groups in total. The predicted octanol–water partition coefficient (Wildman–Crippen LogP) is 2.92. The summed E-state index contributed by atoms with van der Waals surface area (Å²) in [6.45, 7) is 6.76. The van der Waals surface area contributed by atoms with E-state index < -0.39 is 0 Å². The number of nitrogens with zero attached hydrogens (tertiary/aromatic N) is 2. The summed E-state index contributed by atoms with van der Waals surface area (Å²) in [5.41, 5.74) is 3.01.